The second-order valence-electron chi connectivity index (χ2n) is 7.86. The summed E-state index contributed by atoms with van der Waals surface area (Å²) in [5, 5.41) is 13.4. The molecule has 0 radical (unpaired) electrons. The third-order valence-corrected chi connectivity index (χ3v) is 6.18. The molecule has 30 heavy (non-hydrogen) atoms. The van der Waals surface area contributed by atoms with Crippen LogP contribution < -0.4 is 10.5 Å². The minimum Gasteiger partial charge on any atom is -0.465 e. The standard InChI is InChI=1S/C23H22N4O3/c28-22-2-1-12-24-27(22)20-9-5-17(6-10-20)16-3-7-19(8-4-16)26-13-11-18-14-25(23(29)30)15-21(18)26/h1-10,12,18,21H,11,13-15H2,(H,29,30). The number of hydrogen-bond donors (Lipinski definition) is 1. The quantitative estimate of drug-likeness (QED) is 0.728. The highest BCUT2D eigenvalue weighted by Crippen LogP contribution is 2.35. The summed E-state index contributed by atoms with van der Waals surface area (Å²) in [6.45, 7) is 2.19. The van der Waals surface area contributed by atoms with E-state index in [1.54, 1.807) is 12.3 Å². The number of carboxylic acid groups (broad SMARTS) is 1. The smallest absolute Gasteiger partial charge is 0.407 e. The fraction of sp³-hybridized carbons (Fsp3) is 0.261. The number of anilines is 1. The third kappa shape index (κ3) is 3.22. The molecule has 2 aromatic carbocycles. The summed E-state index contributed by atoms with van der Waals surface area (Å²) in [4.78, 5) is 27.1. The number of aromatic nitrogens is 2. The van der Waals surface area contributed by atoms with Gasteiger partial charge in [0.25, 0.3) is 5.56 Å². The Morgan fingerprint density at radius 2 is 1.60 bits per heavy atom. The van der Waals surface area contributed by atoms with Crippen LogP contribution in [0.25, 0.3) is 16.8 Å². The van der Waals surface area contributed by atoms with E-state index in [1.807, 2.05) is 24.3 Å². The zero-order valence-electron chi connectivity index (χ0n) is 16.4. The van der Waals surface area contributed by atoms with Crippen molar-refractivity contribution in [2.45, 2.75) is 12.5 Å². The minimum atomic E-state index is -0.823. The highest BCUT2D eigenvalue weighted by molar-refractivity contribution is 5.68. The average molecular weight is 402 g/mol. The molecule has 2 aliphatic rings. The molecule has 1 aromatic heterocycles. The maximum atomic E-state index is 11.9. The van der Waals surface area contributed by atoms with E-state index in [-0.39, 0.29) is 11.6 Å². The Morgan fingerprint density at radius 1 is 0.933 bits per heavy atom. The van der Waals surface area contributed by atoms with Crippen LogP contribution in [-0.4, -0.2) is 51.6 Å². The first-order valence-electron chi connectivity index (χ1n) is 10.1. The van der Waals surface area contributed by atoms with Crippen LogP contribution in [0.3, 0.4) is 0 Å². The normalized spacial score (nSPS) is 20.4. The van der Waals surface area contributed by atoms with E-state index in [4.69, 9.17) is 0 Å². The van der Waals surface area contributed by atoms with Crippen molar-refractivity contribution in [1.29, 1.82) is 0 Å². The molecule has 1 N–H and O–H groups in total. The van der Waals surface area contributed by atoms with E-state index in [9.17, 15) is 14.7 Å². The molecule has 2 saturated heterocycles. The van der Waals surface area contributed by atoms with Crippen molar-refractivity contribution in [2.75, 3.05) is 24.5 Å². The summed E-state index contributed by atoms with van der Waals surface area (Å²) in [6.07, 6.45) is 1.80. The molecule has 0 spiro atoms. The number of rotatable bonds is 3. The molecule has 3 aromatic rings. The van der Waals surface area contributed by atoms with E-state index in [2.05, 4.69) is 34.3 Å². The molecule has 3 heterocycles. The first kappa shape index (κ1) is 18.4. The average Bonchev–Trinajstić information content (AvgIpc) is 3.36. The van der Waals surface area contributed by atoms with Crippen LogP contribution in [0.4, 0.5) is 10.5 Å². The Labute approximate surface area is 173 Å². The van der Waals surface area contributed by atoms with Gasteiger partial charge in [-0.15, -0.1) is 0 Å². The lowest BCUT2D eigenvalue weighted by molar-refractivity contribution is 0.153. The van der Waals surface area contributed by atoms with Crippen LogP contribution in [0, 0.1) is 5.92 Å². The van der Waals surface area contributed by atoms with Gasteiger partial charge in [-0.1, -0.05) is 24.3 Å². The Balaban J connectivity index is 1.34. The topological polar surface area (TPSA) is 78.7 Å². The molecular formula is C23H22N4O3. The van der Waals surface area contributed by atoms with E-state index in [0.29, 0.717) is 19.0 Å². The van der Waals surface area contributed by atoms with E-state index in [0.717, 1.165) is 35.5 Å². The van der Waals surface area contributed by atoms with Crippen LogP contribution in [0.2, 0.25) is 0 Å². The number of fused-ring (bicyclic) bond motifs is 1. The predicted molar refractivity (Wildman–Crippen MR) is 114 cm³/mol. The molecule has 1 amide bonds. The fourth-order valence-corrected chi connectivity index (χ4v) is 4.63. The minimum absolute atomic E-state index is 0.160. The highest BCUT2D eigenvalue weighted by Gasteiger charge is 2.42. The molecule has 2 aliphatic heterocycles. The Kier molecular flexibility index (Phi) is 4.50. The monoisotopic (exact) mass is 402 g/mol. The summed E-state index contributed by atoms with van der Waals surface area (Å²) in [7, 11) is 0. The lowest BCUT2D eigenvalue weighted by Gasteiger charge is -2.26. The lowest BCUT2D eigenvalue weighted by Crippen LogP contribution is -2.36. The number of hydrogen-bond acceptors (Lipinski definition) is 4. The summed E-state index contributed by atoms with van der Waals surface area (Å²) < 4.78 is 1.37. The Bertz CT molecular complexity index is 1120. The van der Waals surface area contributed by atoms with Gasteiger partial charge in [0.2, 0.25) is 0 Å². The molecular weight excluding hydrogens is 380 g/mol. The summed E-state index contributed by atoms with van der Waals surface area (Å²) in [5.41, 5.74) is 3.86. The van der Waals surface area contributed by atoms with Crippen molar-refractivity contribution in [2.24, 2.45) is 5.92 Å². The van der Waals surface area contributed by atoms with Gasteiger partial charge in [-0.25, -0.2) is 4.79 Å². The summed E-state index contributed by atoms with van der Waals surface area (Å²) >= 11 is 0. The van der Waals surface area contributed by atoms with Crippen molar-refractivity contribution in [3.05, 3.63) is 77.2 Å². The molecule has 2 fully saturated rings. The summed E-state index contributed by atoms with van der Waals surface area (Å²) in [6, 6.07) is 19.5. The largest absolute Gasteiger partial charge is 0.465 e. The lowest BCUT2D eigenvalue weighted by atomic mass is 10.0. The summed E-state index contributed by atoms with van der Waals surface area (Å²) in [5.74, 6) is 0.420. The molecule has 0 saturated carbocycles. The van der Waals surface area contributed by atoms with Crippen molar-refractivity contribution >= 4 is 11.8 Å². The van der Waals surface area contributed by atoms with Crippen LogP contribution in [0.1, 0.15) is 6.42 Å². The number of nitrogens with zero attached hydrogens (tertiary/aromatic N) is 4. The zero-order chi connectivity index (χ0) is 20.7. The molecule has 2 unspecified atom stereocenters. The first-order chi connectivity index (χ1) is 14.6. The number of carbonyl (C=O) groups is 1. The van der Waals surface area contributed by atoms with E-state index >= 15 is 0 Å². The van der Waals surface area contributed by atoms with Crippen molar-refractivity contribution in [3.8, 4) is 16.8 Å². The molecule has 0 bridgehead atoms. The number of likely N-dealkylation sites (tertiary alicyclic amines) is 1. The molecule has 0 aliphatic carbocycles. The predicted octanol–water partition coefficient (Wildman–Crippen LogP) is 3.09. The van der Waals surface area contributed by atoms with Crippen molar-refractivity contribution in [3.63, 3.8) is 0 Å². The maximum Gasteiger partial charge on any atom is 0.407 e. The first-order valence-corrected chi connectivity index (χ1v) is 10.1. The Morgan fingerprint density at radius 3 is 2.23 bits per heavy atom. The SMILES string of the molecule is O=C(O)N1CC2CCN(c3ccc(-c4ccc(-n5ncccc5=O)cc4)cc3)C2C1. The highest BCUT2D eigenvalue weighted by atomic mass is 16.4. The third-order valence-electron chi connectivity index (χ3n) is 6.18. The van der Waals surface area contributed by atoms with Crippen LogP contribution in [-0.2, 0) is 0 Å². The van der Waals surface area contributed by atoms with Gasteiger partial charge in [0, 0.05) is 43.5 Å². The second kappa shape index (κ2) is 7.33. The van der Waals surface area contributed by atoms with Gasteiger partial charge < -0.3 is 14.9 Å². The molecule has 7 heteroatoms. The Hall–Kier alpha value is -3.61. The fourth-order valence-electron chi connectivity index (χ4n) is 4.63. The molecule has 152 valence electrons. The zero-order valence-corrected chi connectivity index (χ0v) is 16.4. The van der Waals surface area contributed by atoms with Gasteiger partial charge in [-0.3, -0.25) is 4.79 Å². The van der Waals surface area contributed by atoms with Crippen LogP contribution in [0.5, 0.6) is 0 Å². The molecule has 5 rings (SSSR count). The van der Waals surface area contributed by atoms with E-state index in [1.165, 1.54) is 15.6 Å². The van der Waals surface area contributed by atoms with Gasteiger partial charge >= 0.3 is 6.09 Å². The number of benzene rings is 2. The van der Waals surface area contributed by atoms with Crippen LogP contribution >= 0.6 is 0 Å². The van der Waals surface area contributed by atoms with Crippen molar-refractivity contribution < 1.29 is 9.90 Å². The van der Waals surface area contributed by atoms with E-state index < -0.39 is 6.09 Å². The second-order valence-corrected chi connectivity index (χ2v) is 7.86. The van der Waals surface area contributed by atoms with Crippen molar-refractivity contribution in [1.82, 2.24) is 14.7 Å². The van der Waals surface area contributed by atoms with Gasteiger partial charge in [0.05, 0.1) is 11.7 Å². The van der Waals surface area contributed by atoms with Gasteiger partial charge in [0.1, 0.15) is 0 Å². The van der Waals surface area contributed by atoms with Crippen LogP contribution in [0.15, 0.2) is 71.7 Å². The molecule has 2 atom stereocenters. The maximum absolute atomic E-state index is 11.9. The number of amides is 1. The van der Waals surface area contributed by atoms with Gasteiger partial charge in [-0.05, 0) is 47.9 Å². The van der Waals surface area contributed by atoms with Gasteiger partial charge in [0.15, 0.2) is 0 Å². The molecule has 7 nitrogen and oxygen atoms in total. The van der Waals surface area contributed by atoms with Gasteiger partial charge in [-0.2, -0.15) is 9.78 Å².